The quantitative estimate of drug-likeness (QED) is 0.684. The molecule has 0 heterocycles. The molecule has 0 fully saturated rings. The van der Waals surface area contributed by atoms with Crippen LogP contribution < -0.4 is 19.5 Å². The lowest BCUT2D eigenvalue weighted by molar-refractivity contribution is 0.293. The van der Waals surface area contributed by atoms with Crippen molar-refractivity contribution in [2.75, 3.05) is 33.4 Å². The molecule has 2 rings (SSSR count). The fourth-order valence-corrected chi connectivity index (χ4v) is 1.96. The molecule has 4 nitrogen and oxygen atoms in total. The second kappa shape index (κ2) is 9.68. The van der Waals surface area contributed by atoms with E-state index in [1.165, 1.54) is 0 Å². The Balaban J connectivity index is 1.49. The zero-order chi connectivity index (χ0) is 15.5. The van der Waals surface area contributed by atoms with E-state index in [9.17, 15) is 0 Å². The zero-order valence-corrected chi connectivity index (χ0v) is 13.0. The zero-order valence-electron chi connectivity index (χ0n) is 13.0. The van der Waals surface area contributed by atoms with Gasteiger partial charge in [0.05, 0.1) is 13.7 Å². The molecule has 22 heavy (non-hydrogen) atoms. The molecular formula is C18H23NO3. The van der Waals surface area contributed by atoms with Gasteiger partial charge in [-0.2, -0.15) is 0 Å². The van der Waals surface area contributed by atoms with E-state index in [1.807, 2.05) is 54.6 Å². The molecule has 0 aliphatic carbocycles. The Morgan fingerprint density at radius 2 is 1.50 bits per heavy atom. The van der Waals surface area contributed by atoms with Crippen molar-refractivity contribution in [2.45, 2.75) is 6.42 Å². The maximum Gasteiger partial charge on any atom is 0.123 e. The molecule has 4 heteroatoms. The number of rotatable bonds is 10. The first kappa shape index (κ1) is 16.2. The Morgan fingerprint density at radius 1 is 0.773 bits per heavy atom. The van der Waals surface area contributed by atoms with E-state index >= 15 is 0 Å². The van der Waals surface area contributed by atoms with Crippen LogP contribution in [0.3, 0.4) is 0 Å². The van der Waals surface area contributed by atoms with Crippen LogP contribution in [0.25, 0.3) is 0 Å². The van der Waals surface area contributed by atoms with E-state index in [4.69, 9.17) is 14.2 Å². The van der Waals surface area contributed by atoms with Gasteiger partial charge in [-0.15, -0.1) is 0 Å². The van der Waals surface area contributed by atoms with Crippen LogP contribution in [0.2, 0.25) is 0 Å². The molecular weight excluding hydrogens is 278 g/mol. The summed E-state index contributed by atoms with van der Waals surface area (Å²) in [4.78, 5) is 0. The number of nitrogens with one attached hydrogen (secondary N) is 1. The Morgan fingerprint density at radius 3 is 2.32 bits per heavy atom. The topological polar surface area (TPSA) is 39.7 Å². The van der Waals surface area contributed by atoms with Gasteiger partial charge in [-0.3, -0.25) is 0 Å². The summed E-state index contributed by atoms with van der Waals surface area (Å²) in [5.74, 6) is 2.56. The van der Waals surface area contributed by atoms with Gasteiger partial charge >= 0.3 is 0 Å². The van der Waals surface area contributed by atoms with Crippen LogP contribution in [0.5, 0.6) is 17.2 Å². The summed E-state index contributed by atoms with van der Waals surface area (Å²) in [6.07, 6.45) is 0.966. The highest BCUT2D eigenvalue weighted by Gasteiger charge is 1.96. The lowest BCUT2D eigenvalue weighted by Crippen LogP contribution is -2.23. The molecule has 118 valence electrons. The predicted molar refractivity (Wildman–Crippen MR) is 87.9 cm³/mol. The highest BCUT2D eigenvalue weighted by atomic mass is 16.5. The summed E-state index contributed by atoms with van der Waals surface area (Å²) in [5, 5.41) is 3.33. The summed E-state index contributed by atoms with van der Waals surface area (Å²) >= 11 is 0. The molecule has 2 aromatic rings. The molecule has 1 N–H and O–H groups in total. The third-order valence-corrected chi connectivity index (χ3v) is 3.10. The van der Waals surface area contributed by atoms with Crippen molar-refractivity contribution in [1.82, 2.24) is 5.32 Å². The molecule has 0 saturated carbocycles. The van der Waals surface area contributed by atoms with Crippen molar-refractivity contribution in [3.05, 3.63) is 54.6 Å². The van der Waals surface area contributed by atoms with E-state index in [0.29, 0.717) is 13.2 Å². The normalized spacial score (nSPS) is 10.2. The fourth-order valence-electron chi connectivity index (χ4n) is 1.96. The number of para-hydroxylation sites is 1. The predicted octanol–water partition coefficient (Wildman–Crippen LogP) is 3.13. The number of methoxy groups -OCH3 is 1. The van der Waals surface area contributed by atoms with E-state index in [-0.39, 0.29) is 0 Å². The minimum Gasteiger partial charge on any atom is -0.497 e. The van der Waals surface area contributed by atoms with Crippen molar-refractivity contribution >= 4 is 0 Å². The molecule has 2 aromatic carbocycles. The van der Waals surface area contributed by atoms with Crippen molar-refractivity contribution in [2.24, 2.45) is 0 Å². The molecule has 0 saturated heterocycles. The van der Waals surface area contributed by atoms with Crippen LogP contribution in [-0.4, -0.2) is 33.4 Å². The Hall–Kier alpha value is -2.20. The van der Waals surface area contributed by atoms with Crippen molar-refractivity contribution in [3.63, 3.8) is 0 Å². The molecule has 0 aromatic heterocycles. The van der Waals surface area contributed by atoms with Gasteiger partial charge in [0.1, 0.15) is 23.9 Å². The Kier molecular flexibility index (Phi) is 7.12. The minimum atomic E-state index is 0.632. The van der Waals surface area contributed by atoms with E-state index < -0.39 is 0 Å². The molecule has 0 atom stereocenters. The molecule has 0 bridgehead atoms. The van der Waals surface area contributed by atoms with Crippen LogP contribution in [0.1, 0.15) is 6.42 Å². The highest BCUT2D eigenvalue weighted by molar-refractivity contribution is 5.32. The van der Waals surface area contributed by atoms with E-state index in [2.05, 4.69) is 5.32 Å². The molecule has 0 amide bonds. The summed E-state index contributed by atoms with van der Waals surface area (Å²) in [6.45, 7) is 3.07. The maximum atomic E-state index is 5.65. The first-order chi connectivity index (χ1) is 10.9. The lowest BCUT2D eigenvalue weighted by atomic mass is 10.3. The third-order valence-electron chi connectivity index (χ3n) is 3.10. The standard InChI is InChI=1S/C18H23NO3/c1-20-17-9-5-10-18(15-17)22-14-12-19-11-6-13-21-16-7-3-2-4-8-16/h2-5,7-10,15,19H,6,11-14H2,1H3. The van der Waals surface area contributed by atoms with Crippen LogP contribution in [-0.2, 0) is 0 Å². The second-order valence-electron chi connectivity index (χ2n) is 4.79. The largest absolute Gasteiger partial charge is 0.497 e. The fraction of sp³-hybridized carbons (Fsp3) is 0.333. The summed E-state index contributed by atoms with van der Waals surface area (Å²) in [6, 6.07) is 17.5. The van der Waals surface area contributed by atoms with Crippen LogP contribution in [0.15, 0.2) is 54.6 Å². The second-order valence-corrected chi connectivity index (χ2v) is 4.79. The number of hydrogen-bond acceptors (Lipinski definition) is 4. The van der Waals surface area contributed by atoms with Gasteiger partial charge in [0.15, 0.2) is 0 Å². The van der Waals surface area contributed by atoms with Gasteiger partial charge < -0.3 is 19.5 Å². The summed E-state index contributed by atoms with van der Waals surface area (Å²) in [7, 11) is 1.65. The van der Waals surface area contributed by atoms with Crippen LogP contribution in [0, 0.1) is 0 Å². The van der Waals surface area contributed by atoms with Gasteiger partial charge in [-0.1, -0.05) is 24.3 Å². The van der Waals surface area contributed by atoms with Gasteiger partial charge in [-0.05, 0) is 37.2 Å². The van der Waals surface area contributed by atoms with E-state index in [1.54, 1.807) is 7.11 Å². The van der Waals surface area contributed by atoms with E-state index in [0.717, 1.165) is 36.8 Å². The van der Waals surface area contributed by atoms with Crippen molar-refractivity contribution in [3.8, 4) is 17.2 Å². The van der Waals surface area contributed by atoms with Gasteiger partial charge in [0, 0.05) is 12.6 Å². The summed E-state index contributed by atoms with van der Waals surface area (Å²) < 4.78 is 16.4. The number of benzene rings is 2. The monoisotopic (exact) mass is 301 g/mol. The van der Waals surface area contributed by atoms with Gasteiger partial charge in [0.25, 0.3) is 0 Å². The number of ether oxygens (including phenoxy) is 3. The average molecular weight is 301 g/mol. The first-order valence-corrected chi connectivity index (χ1v) is 7.54. The molecule has 0 unspecified atom stereocenters. The Bertz CT molecular complexity index is 531. The minimum absolute atomic E-state index is 0.632. The van der Waals surface area contributed by atoms with Crippen molar-refractivity contribution in [1.29, 1.82) is 0 Å². The van der Waals surface area contributed by atoms with Crippen LogP contribution >= 0.6 is 0 Å². The third kappa shape index (κ3) is 6.06. The molecule has 0 spiro atoms. The van der Waals surface area contributed by atoms with Gasteiger partial charge in [0.2, 0.25) is 0 Å². The van der Waals surface area contributed by atoms with Crippen molar-refractivity contribution < 1.29 is 14.2 Å². The molecule has 0 radical (unpaired) electrons. The average Bonchev–Trinajstić information content (AvgIpc) is 2.58. The maximum absolute atomic E-state index is 5.65. The lowest BCUT2D eigenvalue weighted by Gasteiger charge is -2.09. The molecule has 0 aliphatic heterocycles. The Labute approximate surface area is 132 Å². The molecule has 0 aliphatic rings. The van der Waals surface area contributed by atoms with Crippen LogP contribution in [0.4, 0.5) is 0 Å². The first-order valence-electron chi connectivity index (χ1n) is 7.54. The van der Waals surface area contributed by atoms with Gasteiger partial charge in [-0.25, -0.2) is 0 Å². The highest BCUT2D eigenvalue weighted by Crippen LogP contribution is 2.18. The summed E-state index contributed by atoms with van der Waals surface area (Å²) in [5.41, 5.74) is 0. The SMILES string of the molecule is COc1cccc(OCCNCCCOc2ccccc2)c1. The smallest absolute Gasteiger partial charge is 0.123 e. The number of hydrogen-bond donors (Lipinski definition) is 1.